The topological polar surface area (TPSA) is 54.2 Å². The highest BCUT2D eigenvalue weighted by molar-refractivity contribution is 4.92. The van der Waals surface area contributed by atoms with Gasteiger partial charge in [0, 0.05) is 13.1 Å². The number of hydrogen-bond donors (Lipinski definition) is 1. The first-order valence-electron chi connectivity index (χ1n) is 6.55. The fraction of sp³-hybridized carbons (Fsp3) is 0.833. The lowest BCUT2D eigenvalue weighted by molar-refractivity contribution is 0.0538. The Kier molecular flexibility index (Phi) is 3.11. The average molecular weight is 236 g/mol. The summed E-state index contributed by atoms with van der Waals surface area (Å²) in [5.74, 6) is 0.741. The van der Waals surface area contributed by atoms with Crippen LogP contribution in [0.1, 0.15) is 31.6 Å². The predicted octanol–water partition coefficient (Wildman–Crippen LogP) is 1.04. The fourth-order valence-corrected chi connectivity index (χ4v) is 3.28. The van der Waals surface area contributed by atoms with Crippen LogP contribution in [0, 0.1) is 5.41 Å². The second-order valence-corrected chi connectivity index (χ2v) is 5.43. The first-order chi connectivity index (χ1) is 8.36. The SMILES string of the molecule is c1noc(CN2CCCC3(CCCNC3)C2)n1. The summed E-state index contributed by atoms with van der Waals surface area (Å²) in [4.78, 5) is 6.57. The number of hydrogen-bond acceptors (Lipinski definition) is 5. The van der Waals surface area contributed by atoms with Gasteiger partial charge in [0.05, 0.1) is 6.54 Å². The van der Waals surface area contributed by atoms with Gasteiger partial charge < -0.3 is 9.84 Å². The molecule has 1 unspecified atom stereocenters. The van der Waals surface area contributed by atoms with Crippen LogP contribution in [0.15, 0.2) is 10.9 Å². The summed E-state index contributed by atoms with van der Waals surface area (Å²) < 4.78 is 5.09. The Balaban J connectivity index is 1.62. The van der Waals surface area contributed by atoms with Gasteiger partial charge in [-0.1, -0.05) is 5.16 Å². The van der Waals surface area contributed by atoms with E-state index in [4.69, 9.17) is 4.52 Å². The summed E-state index contributed by atoms with van der Waals surface area (Å²) in [6.45, 7) is 5.49. The Bertz CT molecular complexity index is 340. The van der Waals surface area contributed by atoms with Crippen LogP contribution in [0.3, 0.4) is 0 Å². The van der Waals surface area contributed by atoms with Gasteiger partial charge >= 0.3 is 0 Å². The molecule has 1 aromatic rings. The van der Waals surface area contributed by atoms with Crippen molar-refractivity contribution in [3.63, 3.8) is 0 Å². The highest BCUT2D eigenvalue weighted by atomic mass is 16.5. The lowest BCUT2D eigenvalue weighted by Gasteiger charge is -2.45. The van der Waals surface area contributed by atoms with Gasteiger partial charge in [0.15, 0.2) is 6.33 Å². The van der Waals surface area contributed by atoms with Crippen molar-refractivity contribution < 1.29 is 4.52 Å². The Morgan fingerprint density at radius 2 is 2.35 bits per heavy atom. The van der Waals surface area contributed by atoms with Crippen molar-refractivity contribution in [2.75, 3.05) is 26.2 Å². The van der Waals surface area contributed by atoms with Gasteiger partial charge in [0.25, 0.3) is 0 Å². The normalized spacial score (nSPS) is 30.8. The molecule has 2 fully saturated rings. The van der Waals surface area contributed by atoms with E-state index in [9.17, 15) is 0 Å². The number of piperidine rings is 2. The lowest BCUT2D eigenvalue weighted by atomic mass is 9.74. The minimum absolute atomic E-state index is 0.497. The van der Waals surface area contributed by atoms with Crippen molar-refractivity contribution in [3.8, 4) is 0 Å². The summed E-state index contributed by atoms with van der Waals surface area (Å²) in [7, 11) is 0. The predicted molar refractivity (Wildman–Crippen MR) is 63.3 cm³/mol. The van der Waals surface area contributed by atoms with Crippen LogP contribution in [-0.2, 0) is 6.54 Å². The van der Waals surface area contributed by atoms with E-state index in [1.807, 2.05) is 0 Å². The van der Waals surface area contributed by atoms with Crippen molar-refractivity contribution in [3.05, 3.63) is 12.2 Å². The molecule has 0 aliphatic carbocycles. The zero-order valence-electron chi connectivity index (χ0n) is 10.2. The van der Waals surface area contributed by atoms with Crippen LogP contribution in [0.5, 0.6) is 0 Å². The van der Waals surface area contributed by atoms with Crippen LogP contribution in [0.25, 0.3) is 0 Å². The minimum atomic E-state index is 0.497. The molecule has 94 valence electrons. The Labute approximate surface area is 102 Å². The van der Waals surface area contributed by atoms with E-state index in [1.54, 1.807) is 0 Å². The van der Waals surface area contributed by atoms with Crippen molar-refractivity contribution in [2.24, 2.45) is 5.41 Å². The van der Waals surface area contributed by atoms with E-state index in [2.05, 4.69) is 20.4 Å². The van der Waals surface area contributed by atoms with Gasteiger partial charge in [0.2, 0.25) is 5.89 Å². The standard InChI is InChI=1S/C12H20N4O/c1-3-12(8-13-5-1)4-2-6-16(9-12)7-11-14-10-15-17-11/h10,13H,1-9H2. The Hall–Kier alpha value is -0.940. The number of nitrogens with zero attached hydrogens (tertiary/aromatic N) is 3. The third kappa shape index (κ3) is 2.50. The molecule has 3 heterocycles. The third-order valence-corrected chi connectivity index (χ3v) is 4.07. The molecular weight excluding hydrogens is 216 g/mol. The van der Waals surface area contributed by atoms with Gasteiger partial charge in [0.1, 0.15) is 0 Å². The molecule has 0 radical (unpaired) electrons. The largest absolute Gasteiger partial charge is 0.338 e. The zero-order valence-corrected chi connectivity index (χ0v) is 10.2. The van der Waals surface area contributed by atoms with Crippen LogP contribution >= 0.6 is 0 Å². The van der Waals surface area contributed by atoms with Gasteiger partial charge in [-0.15, -0.1) is 0 Å². The monoisotopic (exact) mass is 236 g/mol. The molecule has 1 aromatic heterocycles. The number of aromatic nitrogens is 2. The Morgan fingerprint density at radius 3 is 3.12 bits per heavy atom. The molecule has 5 heteroatoms. The van der Waals surface area contributed by atoms with Crippen LogP contribution < -0.4 is 5.32 Å². The molecule has 0 amide bonds. The maximum Gasteiger partial charge on any atom is 0.240 e. The summed E-state index contributed by atoms with van der Waals surface area (Å²) in [6.07, 6.45) is 6.81. The molecule has 2 aliphatic rings. The molecule has 1 atom stereocenters. The molecule has 0 saturated carbocycles. The molecule has 1 N–H and O–H groups in total. The maximum absolute atomic E-state index is 5.09. The molecular formula is C12H20N4O. The molecule has 2 aliphatic heterocycles. The first-order valence-corrected chi connectivity index (χ1v) is 6.55. The lowest BCUT2D eigenvalue weighted by Crippen LogP contribution is -2.50. The van der Waals surface area contributed by atoms with E-state index in [0.29, 0.717) is 5.41 Å². The second-order valence-electron chi connectivity index (χ2n) is 5.43. The summed E-state index contributed by atoms with van der Waals surface area (Å²) in [6, 6.07) is 0. The van der Waals surface area contributed by atoms with Crippen LogP contribution in [-0.4, -0.2) is 41.2 Å². The van der Waals surface area contributed by atoms with Gasteiger partial charge in [-0.05, 0) is 44.2 Å². The van der Waals surface area contributed by atoms with E-state index < -0.39 is 0 Å². The van der Waals surface area contributed by atoms with Crippen molar-refractivity contribution in [1.82, 2.24) is 20.4 Å². The summed E-state index contributed by atoms with van der Waals surface area (Å²) in [5.41, 5.74) is 0.497. The number of rotatable bonds is 2. The smallest absolute Gasteiger partial charge is 0.240 e. The fourth-order valence-electron chi connectivity index (χ4n) is 3.28. The quantitative estimate of drug-likeness (QED) is 0.831. The molecule has 17 heavy (non-hydrogen) atoms. The second kappa shape index (κ2) is 4.74. The number of nitrogens with one attached hydrogen (secondary N) is 1. The van der Waals surface area contributed by atoms with Crippen LogP contribution in [0.2, 0.25) is 0 Å². The van der Waals surface area contributed by atoms with Crippen molar-refractivity contribution >= 4 is 0 Å². The molecule has 5 nitrogen and oxygen atoms in total. The van der Waals surface area contributed by atoms with Gasteiger partial charge in [-0.3, -0.25) is 4.90 Å². The average Bonchev–Trinajstić information content (AvgIpc) is 2.83. The molecule has 0 bridgehead atoms. The van der Waals surface area contributed by atoms with E-state index in [0.717, 1.165) is 19.0 Å². The minimum Gasteiger partial charge on any atom is -0.338 e. The van der Waals surface area contributed by atoms with Crippen LogP contribution in [0.4, 0.5) is 0 Å². The highest BCUT2D eigenvalue weighted by Crippen LogP contribution is 2.36. The summed E-state index contributed by atoms with van der Waals surface area (Å²) in [5, 5.41) is 7.21. The van der Waals surface area contributed by atoms with E-state index in [1.165, 1.54) is 51.6 Å². The molecule has 0 aromatic carbocycles. The van der Waals surface area contributed by atoms with E-state index >= 15 is 0 Å². The van der Waals surface area contributed by atoms with Crippen molar-refractivity contribution in [2.45, 2.75) is 32.2 Å². The highest BCUT2D eigenvalue weighted by Gasteiger charge is 2.36. The maximum atomic E-state index is 5.09. The van der Waals surface area contributed by atoms with Gasteiger partial charge in [-0.25, -0.2) is 0 Å². The van der Waals surface area contributed by atoms with Gasteiger partial charge in [-0.2, -0.15) is 4.98 Å². The molecule has 2 saturated heterocycles. The Morgan fingerprint density at radius 1 is 1.41 bits per heavy atom. The van der Waals surface area contributed by atoms with Crippen molar-refractivity contribution in [1.29, 1.82) is 0 Å². The molecule has 1 spiro atoms. The third-order valence-electron chi connectivity index (χ3n) is 4.07. The molecule has 3 rings (SSSR count). The number of likely N-dealkylation sites (tertiary alicyclic amines) is 1. The zero-order chi connectivity index (χ0) is 11.6. The first kappa shape index (κ1) is 11.2. The summed E-state index contributed by atoms with van der Waals surface area (Å²) >= 11 is 0. The van der Waals surface area contributed by atoms with E-state index in [-0.39, 0.29) is 0 Å².